The van der Waals surface area contributed by atoms with Gasteiger partial charge in [0.1, 0.15) is 6.04 Å². The predicted octanol–water partition coefficient (Wildman–Crippen LogP) is 5.18. The first-order valence-corrected chi connectivity index (χ1v) is 14.6. The smallest absolute Gasteiger partial charge is 0.242 e. The molecular formula is C26H35Cl2N3O4S. The van der Waals surface area contributed by atoms with Gasteiger partial charge < -0.3 is 10.2 Å². The number of aryl methyl sites for hydroxylation is 1. The highest BCUT2D eigenvalue weighted by Gasteiger charge is 2.29. The van der Waals surface area contributed by atoms with Gasteiger partial charge in [0.2, 0.25) is 21.8 Å². The Morgan fingerprint density at radius 2 is 1.69 bits per heavy atom. The zero-order valence-corrected chi connectivity index (χ0v) is 23.6. The minimum absolute atomic E-state index is 0.0530. The molecule has 1 unspecified atom stereocenters. The minimum Gasteiger partial charge on any atom is -0.354 e. The molecule has 2 amide bonds. The van der Waals surface area contributed by atoms with Gasteiger partial charge in [0, 0.05) is 41.7 Å². The zero-order valence-electron chi connectivity index (χ0n) is 21.3. The van der Waals surface area contributed by atoms with Crippen LogP contribution in [0.15, 0.2) is 42.5 Å². The van der Waals surface area contributed by atoms with Crippen molar-refractivity contribution in [2.45, 2.75) is 59.0 Å². The van der Waals surface area contributed by atoms with E-state index in [0.29, 0.717) is 34.3 Å². The molecule has 0 saturated heterocycles. The molecular weight excluding hydrogens is 521 g/mol. The molecule has 0 aliphatic carbocycles. The van der Waals surface area contributed by atoms with Crippen LogP contribution in [-0.4, -0.2) is 50.5 Å². The van der Waals surface area contributed by atoms with Gasteiger partial charge in [-0.25, -0.2) is 8.42 Å². The van der Waals surface area contributed by atoms with Gasteiger partial charge in [-0.2, -0.15) is 0 Å². The van der Waals surface area contributed by atoms with Crippen LogP contribution in [0, 0.1) is 6.92 Å². The summed E-state index contributed by atoms with van der Waals surface area (Å²) in [6.07, 6.45) is 2.65. The minimum atomic E-state index is -3.55. The van der Waals surface area contributed by atoms with Crippen LogP contribution in [0.2, 0.25) is 10.0 Å². The Morgan fingerprint density at radius 3 is 2.25 bits per heavy atom. The van der Waals surface area contributed by atoms with Crippen LogP contribution in [0.1, 0.15) is 50.7 Å². The number of nitrogens with zero attached hydrogens (tertiary/aromatic N) is 2. The first kappa shape index (κ1) is 29.9. The van der Waals surface area contributed by atoms with Gasteiger partial charge in [-0.15, -0.1) is 0 Å². The Morgan fingerprint density at radius 1 is 1.06 bits per heavy atom. The molecule has 1 N–H and O–H groups in total. The van der Waals surface area contributed by atoms with Gasteiger partial charge in [0.15, 0.2) is 0 Å². The molecule has 0 aliphatic rings. The number of hydrogen-bond donors (Lipinski definition) is 1. The number of nitrogens with one attached hydrogen (secondary N) is 1. The fourth-order valence-electron chi connectivity index (χ4n) is 3.93. The Bertz CT molecular complexity index is 1140. The number of benzene rings is 2. The van der Waals surface area contributed by atoms with E-state index in [4.69, 9.17) is 23.2 Å². The normalized spacial score (nSPS) is 12.2. The van der Waals surface area contributed by atoms with Crippen molar-refractivity contribution in [2.75, 3.05) is 23.7 Å². The average molecular weight is 557 g/mol. The summed E-state index contributed by atoms with van der Waals surface area (Å²) < 4.78 is 26.2. The van der Waals surface area contributed by atoms with E-state index in [1.54, 1.807) is 36.4 Å². The molecule has 0 aromatic heterocycles. The lowest BCUT2D eigenvalue weighted by Crippen LogP contribution is -2.49. The molecule has 10 heteroatoms. The summed E-state index contributed by atoms with van der Waals surface area (Å²) in [7, 11) is -3.55. The zero-order chi connectivity index (χ0) is 26.9. The third kappa shape index (κ3) is 8.39. The van der Waals surface area contributed by atoms with Crippen molar-refractivity contribution < 1.29 is 18.0 Å². The van der Waals surface area contributed by atoms with Gasteiger partial charge in [-0.05, 0) is 56.0 Å². The van der Waals surface area contributed by atoms with Crippen LogP contribution < -0.4 is 9.62 Å². The summed E-state index contributed by atoms with van der Waals surface area (Å²) in [5, 5.41) is 3.69. The number of anilines is 1. The molecule has 2 aromatic carbocycles. The summed E-state index contributed by atoms with van der Waals surface area (Å²) in [6.45, 7) is 6.39. The molecule has 1 atom stereocenters. The summed E-state index contributed by atoms with van der Waals surface area (Å²) in [5.74, 6) is -0.518. The molecule has 0 aliphatic heterocycles. The van der Waals surface area contributed by atoms with Gasteiger partial charge >= 0.3 is 0 Å². The maximum Gasteiger partial charge on any atom is 0.242 e. The highest BCUT2D eigenvalue weighted by molar-refractivity contribution is 7.92. The lowest BCUT2D eigenvalue weighted by Gasteiger charge is -2.31. The van der Waals surface area contributed by atoms with Crippen molar-refractivity contribution in [3.63, 3.8) is 0 Å². The van der Waals surface area contributed by atoms with Crippen LogP contribution in [0.25, 0.3) is 0 Å². The van der Waals surface area contributed by atoms with E-state index in [0.717, 1.165) is 18.2 Å². The van der Waals surface area contributed by atoms with Crippen molar-refractivity contribution in [3.05, 3.63) is 63.6 Å². The maximum absolute atomic E-state index is 13.5. The predicted molar refractivity (Wildman–Crippen MR) is 147 cm³/mol. The molecule has 2 rings (SSSR count). The van der Waals surface area contributed by atoms with Gasteiger partial charge in [0.25, 0.3) is 0 Å². The van der Waals surface area contributed by atoms with Crippen molar-refractivity contribution in [1.29, 1.82) is 0 Å². The highest BCUT2D eigenvalue weighted by Crippen LogP contribution is 2.27. The van der Waals surface area contributed by atoms with Gasteiger partial charge in [0.05, 0.1) is 11.9 Å². The lowest BCUT2D eigenvalue weighted by atomic mass is 10.1. The quantitative estimate of drug-likeness (QED) is 0.368. The summed E-state index contributed by atoms with van der Waals surface area (Å²) >= 11 is 12.7. The third-order valence-electron chi connectivity index (χ3n) is 5.77. The number of amides is 2. The molecule has 0 bridgehead atoms. The van der Waals surface area contributed by atoms with Crippen LogP contribution in [-0.2, 0) is 26.2 Å². The van der Waals surface area contributed by atoms with Crippen molar-refractivity contribution in [3.8, 4) is 0 Å². The monoisotopic (exact) mass is 555 g/mol. The standard InChI is InChI=1S/C26H35Cl2N3O4S/c1-5-15-29-26(33)24(6-2)30(18-21-22(27)12-8-13-23(21)28)25(32)14-9-16-31(36(4,34)35)20-11-7-10-19(3)17-20/h7-8,10-13,17,24H,5-6,9,14-16,18H2,1-4H3,(H,29,33). The number of sulfonamides is 1. The van der Waals surface area contributed by atoms with Gasteiger partial charge in [-0.3, -0.25) is 13.9 Å². The van der Waals surface area contributed by atoms with E-state index in [1.807, 2.05) is 26.8 Å². The maximum atomic E-state index is 13.5. The molecule has 2 aromatic rings. The molecule has 0 fully saturated rings. The number of carbonyl (C=O) groups excluding carboxylic acids is 2. The number of carbonyl (C=O) groups is 2. The molecule has 36 heavy (non-hydrogen) atoms. The van der Waals surface area contributed by atoms with Crippen LogP contribution >= 0.6 is 23.2 Å². The van der Waals surface area contributed by atoms with Crippen molar-refractivity contribution in [1.82, 2.24) is 10.2 Å². The average Bonchev–Trinajstić information content (AvgIpc) is 2.81. The van der Waals surface area contributed by atoms with E-state index in [2.05, 4.69) is 5.32 Å². The first-order chi connectivity index (χ1) is 17.0. The molecule has 7 nitrogen and oxygen atoms in total. The van der Waals surface area contributed by atoms with Crippen molar-refractivity contribution >= 4 is 50.7 Å². The summed E-state index contributed by atoms with van der Waals surface area (Å²) in [6, 6.07) is 11.6. The highest BCUT2D eigenvalue weighted by atomic mass is 35.5. The SMILES string of the molecule is CCCNC(=O)C(CC)N(Cc1c(Cl)cccc1Cl)C(=O)CCCN(c1cccc(C)c1)S(C)(=O)=O. The Kier molecular flexibility index (Phi) is 11.5. The third-order valence-corrected chi connectivity index (χ3v) is 7.67. The summed E-state index contributed by atoms with van der Waals surface area (Å²) in [5.41, 5.74) is 2.05. The number of hydrogen-bond acceptors (Lipinski definition) is 4. The first-order valence-electron chi connectivity index (χ1n) is 12.0. The summed E-state index contributed by atoms with van der Waals surface area (Å²) in [4.78, 5) is 27.9. The fourth-order valence-corrected chi connectivity index (χ4v) is 5.40. The molecule has 0 spiro atoms. The number of halogens is 2. The topological polar surface area (TPSA) is 86.8 Å². The van der Waals surface area contributed by atoms with Crippen LogP contribution in [0.5, 0.6) is 0 Å². The Balaban J connectivity index is 2.26. The molecule has 0 radical (unpaired) electrons. The van der Waals surface area contributed by atoms with Gasteiger partial charge in [-0.1, -0.05) is 55.2 Å². The van der Waals surface area contributed by atoms with Crippen LogP contribution in [0.4, 0.5) is 5.69 Å². The second kappa shape index (κ2) is 13.9. The molecule has 0 heterocycles. The van der Waals surface area contributed by atoms with E-state index >= 15 is 0 Å². The lowest BCUT2D eigenvalue weighted by molar-refractivity contribution is -0.141. The number of rotatable bonds is 13. The van der Waals surface area contributed by atoms with Crippen molar-refractivity contribution in [2.24, 2.45) is 0 Å². The van der Waals surface area contributed by atoms with E-state index < -0.39 is 16.1 Å². The Hall–Kier alpha value is -2.29. The van der Waals surface area contributed by atoms with E-state index in [-0.39, 0.29) is 37.7 Å². The fraction of sp³-hybridized carbons (Fsp3) is 0.462. The Labute approximate surface area is 224 Å². The second-order valence-electron chi connectivity index (χ2n) is 8.71. The van der Waals surface area contributed by atoms with E-state index in [9.17, 15) is 18.0 Å². The molecule has 0 saturated carbocycles. The molecule has 198 valence electrons. The van der Waals surface area contributed by atoms with Crippen LogP contribution in [0.3, 0.4) is 0 Å². The second-order valence-corrected chi connectivity index (χ2v) is 11.4. The largest absolute Gasteiger partial charge is 0.354 e. The van der Waals surface area contributed by atoms with E-state index in [1.165, 1.54) is 9.21 Å².